The molecule has 2 aliphatic rings. The Morgan fingerprint density at radius 1 is 1.22 bits per heavy atom. The molecule has 150 valence electrons. The minimum atomic E-state index is 0.135. The number of hydrogen-bond donors (Lipinski definition) is 2. The van der Waals surface area contributed by atoms with Gasteiger partial charge in [0.05, 0.1) is 6.20 Å². The molecular weight excluding hydrogens is 340 g/mol. The van der Waals surface area contributed by atoms with Gasteiger partial charge in [-0.3, -0.25) is 14.7 Å². The van der Waals surface area contributed by atoms with E-state index >= 15 is 0 Å². The minimum absolute atomic E-state index is 0.135. The van der Waals surface area contributed by atoms with Gasteiger partial charge in [-0.1, -0.05) is 6.92 Å². The maximum Gasteiger partial charge on any atom is 0.225 e. The molecule has 1 aliphatic carbocycles. The average Bonchev–Trinajstić information content (AvgIpc) is 3.21. The molecule has 3 rings (SSSR count). The standard InChI is InChI=1S/C21H34N4O2/c1-2-19-7-3-4-13-25(19)21(27)17-9-11-18(12-10-17)24-20(26)8-5-6-16-14-22-23-15-16/h14-15,17-19H,2-13H2,1H3,(H,22,23)(H,24,26). The number of amides is 2. The smallest absolute Gasteiger partial charge is 0.225 e. The molecule has 1 aliphatic heterocycles. The Morgan fingerprint density at radius 2 is 2.04 bits per heavy atom. The van der Waals surface area contributed by atoms with E-state index in [1.54, 1.807) is 0 Å². The number of nitrogens with one attached hydrogen (secondary N) is 2. The molecule has 0 spiro atoms. The van der Waals surface area contributed by atoms with Gasteiger partial charge in [-0.2, -0.15) is 5.10 Å². The lowest BCUT2D eigenvalue weighted by Gasteiger charge is -2.39. The van der Waals surface area contributed by atoms with Crippen molar-refractivity contribution in [3.8, 4) is 0 Å². The van der Waals surface area contributed by atoms with Crippen molar-refractivity contribution >= 4 is 11.8 Å². The van der Waals surface area contributed by atoms with Crippen molar-refractivity contribution in [2.24, 2.45) is 5.92 Å². The van der Waals surface area contributed by atoms with Crippen LogP contribution in [-0.4, -0.2) is 45.5 Å². The summed E-state index contributed by atoms with van der Waals surface area (Å²) in [6.07, 6.45) is 14.2. The Morgan fingerprint density at radius 3 is 2.74 bits per heavy atom. The topological polar surface area (TPSA) is 78.1 Å². The molecule has 2 N–H and O–H groups in total. The maximum atomic E-state index is 12.9. The van der Waals surface area contributed by atoms with Crippen LogP contribution >= 0.6 is 0 Å². The van der Waals surface area contributed by atoms with E-state index in [2.05, 4.69) is 27.3 Å². The zero-order chi connectivity index (χ0) is 19.1. The van der Waals surface area contributed by atoms with Gasteiger partial charge in [0.2, 0.25) is 11.8 Å². The van der Waals surface area contributed by atoms with E-state index in [4.69, 9.17) is 0 Å². The van der Waals surface area contributed by atoms with Crippen molar-refractivity contribution in [3.05, 3.63) is 18.0 Å². The van der Waals surface area contributed by atoms with Crippen LogP contribution in [0.4, 0.5) is 0 Å². The monoisotopic (exact) mass is 374 g/mol. The number of piperidine rings is 1. The van der Waals surface area contributed by atoms with Crippen molar-refractivity contribution in [1.29, 1.82) is 0 Å². The molecule has 0 radical (unpaired) electrons. The van der Waals surface area contributed by atoms with E-state index in [1.165, 1.54) is 6.42 Å². The summed E-state index contributed by atoms with van der Waals surface area (Å²) in [6.45, 7) is 3.12. The number of carbonyl (C=O) groups excluding carboxylic acids is 2. The first-order valence-corrected chi connectivity index (χ1v) is 10.7. The molecule has 6 nitrogen and oxygen atoms in total. The Hall–Kier alpha value is -1.85. The van der Waals surface area contributed by atoms with Crippen LogP contribution in [0.15, 0.2) is 12.4 Å². The Labute approximate surface area is 162 Å². The second-order valence-electron chi connectivity index (χ2n) is 8.17. The molecule has 1 saturated heterocycles. The summed E-state index contributed by atoms with van der Waals surface area (Å²) in [5, 5.41) is 9.89. The van der Waals surface area contributed by atoms with Gasteiger partial charge >= 0.3 is 0 Å². The fourth-order valence-corrected chi connectivity index (χ4v) is 4.60. The van der Waals surface area contributed by atoms with E-state index < -0.39 is 0 Å². The number of aryl methyl sites for hydroxylation is 1. The molecular formula is C21H34N4O2. The molecule has 1 unspecified atom stereocenters. The van der Waals surface area contributed by atoms with E-state index in [1.807, 2.05) is 12.4 Å². The highest BCUT2D eigenvalue weighted by Gasteiger charge is 2.33. The van der Waals surface area contributed by atoms with Crippen molar-refractivity contribution in [2.75, 3.05) is 6.54 Å². The number of carbonyl (C=O) groups is 2. The molecule has 2 amide bonds. The van der Waals surface area contributed by atoms with Gasteiger partial charge in [-0.15, -0.1) is 0 Å². The maximum absolute atomic E-state index is 12.9. The van der Waals surface area contributed by atoms with Crippen LogP contribution in [0, 0.1) is 5.92 Å². The van der Waals surface area contributed by atoms with E-state index in [0.29, 0.717) is 18.4 Å². The summed E-state index contributed by atoms with van der Waals surface area (Å²) in [5.74, 6) is 0.660. The van der Waals surface area contributed by atoms with Gasteiger partial charge in [0.25, 0.3) is 0 Å². The molecule has 0 bridgehead atoms. The largest absolute Gasteiger partial charge is 0.353 e. The van der Waals surface area contributed by atoms with Crippen molar-refractivity contribution < 1.29 is 9.59 Å². The molecule has 2 heterocycles. The fourth-order valence-electron chi connectivity index (χ4n) is 4.60. The predicted octanol–water partition coefficient (Wildman–Crippen LogP) is 3.20. The molecule has 1 aromatic rings. The van der Waals surface area contributed by atoms with E-state index in [9.17, 15) is 9.59 Å². The number of aromatic nitrogens is 2. The van der Waals surface area contributed by atoms with Crippen molar-refractivity contribution in [3.63, 3.8) is 0 Å². The third-order valence-corrected chi connectivity index (χ3v) is 6.25. The molecule has 0 aromatic carbocycles. The summed E-state index contributed by atoms with van der Waals surface area (Å²) in [4.78, 5) is 27.3. The fraction of sp³-hybridized carbons (Fsp3) is 0.762. The van der Waals surface area contributed by atoms with Crippen LogP contribution in [0.25, 0.3) is 0 Å². The number of likely N-dealkylation sites (tertiary alicyclic amines) is 1. The Balaban J connectivity index is 1.36. The average molecular weight is 375 g/mol. The summed E-state index contributed by atoms with van der Waals surface area (Å²) < 4.78 is 0. The quantitative estimate of drug-likeness (QED) is 0.769. The van der Waals surface area contributed by atoms with Crippen LogP contribution in [0.2, 0.25) is 0 Å². The third-order valence-electron chi connectivity index (χ3n) is 6.25. The van der Waals surface area contributed by atoms with Crippen LogP contribution in [0.1, 0.15) is 76.7 Å². The number of nitrogens with zero attached hydrogens (tertiary/aromatic N) is 2. The third kappa shape index (κ3) is 5.56. The lowest BCUT2D eigenvalue weighted by molar-refractivity contribution is -0.140. The SMILES string of the molecule is CCC1CCCCN1C(=O)C1CCC(NC(=O)CCCc2cn[nH]c2)CC1. The Bertz CT molecular complexity index is 593. The first-order chi connectivity index (χ1) is 13.2. The molecule has 2 fully saturated rings. The van der Waals surface area contributed by atoms with Gasteiger partial charge in [-0.25, -0.2) is 0 Å². The molecule has 1 aromatic heterocycles. The molecule has 1 saturated carbocycles. The first-order valence-electron chi connectivity index (χ1n) is 10.7. The minimum Gasteiger partial charge on any atom is -0.353 e. The highest BCUT2D eigenvalue weighted by molar-refractivity contribution is 5.79. The zero-order valence-electron chi connectivity index (χ0n) is 16.6. The van der Waals surface area contributed by atoms with Crippen LogP contribution in [0.3, 0.4) is 0 Å². The lowest BCUT2D eigenvalue weighted by atomic mass is 9.84. The van der Waals surface area contributed by atoms with Gasteiger partial charge in [-0.05, 0) is 69.8 Å². The van der Waals surface area contributed by atoms with E-state index in [0.717, 1.165) is 69.9 Å². The number of hydrogen-bond acceptors (Lipinski definition) is 3. The highest BCUT2D eigenvalue weighted by Crippen LogP contribution is 2.29. The van der Waals surface area contributed by atoms with Crippen molar-refractivity contribution in [2.45, 2.75) is 89.6 Å². The first kappa shape index (κ1) is 19.9. The van der Waals surface area contributed by atoms with Gasteiger partial charge in [0.15, 0.2) is 0 Å². The summed E-state index contributed by atoms with van der Waals surface area (Å²) in [5.41, 5.74) is 1.14. The normalized spacial score (nSPS) is 26.0. The number of H-pyrrole nitrogens is 1. The summed E-state index contributed by atoms with van der Waals surface area (Å²) >= 11 is 0. The molecule has 27 heavy (non-hydrogen) atoms. The highest BCUT2D eigenvalue weighted by atomic mass is 16.2. The van der Waals surface area contributed by atoms with Crippen LogP contribution < -0.4 is 5.32 Å². The number of aromatic amines is 1. The van der Waals surface area contributed by atoms with Gasteiger partial charge in [0, 0.05) is 37.2 Å². The lowest BCUT2D eigenvalue weighted by Crippen LogP contribution is -2.48. The number of rotatable bonds is 7. The summed E-state index contributed by atoms with van der Waals surface area (Å²) in [7, 11) is 0. The van der Waals surface area contributed by atoms with Gasteiger partial charge in [0.1, 0.15) is 0 Å². The van der Waals surface area contributed by atoms with Crippen LogP contribution in [-0.2, 0) is 16.0 Å². The zero-order valence-corrected chi connectivity index (χ0v) is 16.6. The van der Waals surface area contributed by atoms with Crippen LogP contribution in [0.5, 0.6) is 0 Å². The summed E-state index contributed by atoms with van der Waals surface area (Å²) in [6, 6.07) is 0.678. The Kier molecular flexibility index (Phi) is 7.30. The molecule has 6 heteroatoms. The second kappa shape index (κ2) is 9.90. The van der Waals surface area contributed by atoms with Gasteiger partial charge < -0.3 is 10.2 Å². The molecule has 1 atom stereocenters. The second-order valence-corrected chi connectivity index (χ2v) is 8.17. The van der Waals surface area contributed by atoms with E-state index in [-0.39, 0.29) is 17.9 Å². The van der Waals surface area contributed by atoms with Crippen molar-refractivity contribution in [1.82, 2.24) is 20.4 Å². The predicted molar refractivity (Wildman–Crippen MR) is 105 cm³/mol.